The number of nitrogens with one attached hydrogen (secondary N) is 2. The van der Waals surface area contributed by atoms with Gasteiger partial charge in [0.1, 0.15) is 10.6 Å². The molecule has 2 aromatic carbocycles. The molecule has 0 aliphatic carbocycles. The van der Waals surface area contributed by atoms with E-state index in [1.165, 1.54) is 18.2 Å². The highest BCUT2D eigenvalue weighted by atomic mass is 32.1. The third-order valence-corrected chi connectivity index (χ3v) is 5.21. The molecule has 3 aromatic rings. The van der Waals surface area contributed by atoms with Gasteiger partial charge >= 0.3 is 0 Å². The Kier molecular flexibility index (Phi) is 6.38. The largest absolute Gasteiger partial charge is 0.497 e. The van der Waals surface area contributed by atoms with Gasteiger partial charge in [0.15, 0.2) is 0 Å². The second-order valence-electron chi connectivity index (χ2n) is 6.23. The van der Waals surface area contributed by atoms with Gasteiger partial charge in [-0.05, 0) is 49.7 Å². The van der Waals surface area contributed by atoms with Crippen LogP contribution >= 0.6 is 11.3 Å². The number of nitrogens with zero attached hydrogens (tertiary/aromatic N) is 3. The number of rotatable bonds is 7. The van der Waals surface area contributed by atoms with Crippen molar-refractivity contribution in [3.8, 4) is 5.75 Å². The summed E-state index contributed by atoms with van der Waals surface area (Å²) in [4.78, 5) is 27.6. The lowest BCUT2D eigenvalue weighted by molar-refractivity contribution is -0.384. The first kappa shape index (κ1) is 20.9. The maximum atomic E-state index is 12.6. The van der Waals surface area contributed by atoms with Gasteiger partial charge < -0.3 is 10.1 Å². The number of amides is 1. The van der Waals surface area contributed by atoms with Crippen molar-refractivity contribution >= 4 is 39.5 Å². The molecule has 1 heterocycles. The SMILES string of the molecule is COc1ccc(/C(C)=N/Nc2nc(C)c(C(=O)Nc3cccc([N+](=O)[O-])c3)s2)cc1. The van der Waals surface area contributed by atoms with Gasteiger partial charge in [-0.2, -0.15) is 5.10 Å². The second kappa shape index (κ2) is 9.14. The zero-order chi connectivity index (χ0) is 21.7. The zero-order valence-corrected chi connectivity index (χ0v) is 17.3. The fourth-order valence-corrected chi connectivity index (χ4v) is 3.37. The number of benzene rings is 2. The summed E-state index contributed by atoms with van der Waals surface area (Å²) in [6, 6.07) is 13.2. The topological polar surface area (TPSA) is 119 Å². The molecule has 10 heteroatoms. The normalized spacial score (nSPS) is 11.1. The number of nitro benzene ring substituents is 1. The van der Waals surface area contributed by atoms with E-state index in [2.05, 4.69) is 20.8 Å². The average Bonchev–Trinajstić information content (AvgIpc) is 3.13. The van der Waals surface area contributed by atoms with Crippen molar-refractivity contribution in [2.45, 2.75) is 13.8 Å². The smallest absolute Gasteiger partial charge is 0.271 e. The predicted octanol–water partition coefficient (Wildman–Crippen LogP) is 4.46. The first-order chi connectivity index (χ1) is 14.4. The van der Waals surface area contributed by atoms with E-state index in [0.29, 0.717) is 21.4 Å². The third-order valence-electron chi connectivity index (χ3n) is 4.14. The highest BCUT2D eigenvalue weighted by Crippen LogP contribution is 2.25. The van der Waals surface area contributed by atoms with E-state index in [9.17, 15) is 14.9 Å². The Morgan fingerprint density at radius 2 is 1.97 bits per heavy atom. The van der Waals surface area contributed by atoms with Crippen LogP contribution in [0.2, 0.25) is 0 Å². The fourth-order valence-electron chi connectivity index (χ4n) is 2.57. The Hall–Kier alpha value is -3.79. The number of anilines is 2. The molecule has 154 valence electrons. The Balaban J connectivity index is 1.70. The maximum absolute atomic E-state index is 12.6. The number of non-ortho nitro benzene ring substituents is 1. The van der Waals surface area contributed by atoms with E-state index < -0.39 is 10.8 Å². The lowest BCUT2D eigenvalue weighted by Crippen LogP contribution is -2.11. The first-order valence-electron chi connectivity index (χ1n) is 8.85. The summed E-state index contributed by atoms with van der Waals surface area (Å²) in [5.41, 5.74) is 5.30. The van der Waals surface area contributed by atoms with E-state index in [-0.39, 0.29) is 5.69 Å². The van der Waals surface area contributed by atoms with Crippen LogP contribution in [-0.2, 0) is 0 Å². The minimum absolute atomic E-state index is 0.0977. The molecule has 9 nitrogen and oxygen atoms in total. The Morgan fingerprint density at radius 3 is 2.63 bits per heavy atom. The molecule has 30 heavy (non-hydrogen) atoms. The van der Waals surface area contributed by atoms with Gasteiger partial charge in [-0.25, -0.2) is 4.98 Å². The molecule has 0 spiro atoms. The number of nitro groups is 1. The van der Waals surface area contributed by atoms with Gasteiger partial charge in [0.2, 0.25) is 5.13 Å². The number of carbonyl (C=O) groups excluding carboxylic acids is 1. The van der Waals surface area contributed by atoms with Gasteiger partial charge in [-0.3, -0.25) is 20.3 Å². The molecule has 0 atom stereocenters. The molecule has 0 aliphatic rings. The quantitative estimate of drug-likeness (QED) is 0.328. The molecule has 0 saturated carbocycles. The highest BCUT2D eigenvalue weighted by molar-refractivity contribution is 7.17. The van der Waals surface area contributed by atoms with E-state index in [0.717, 1.165) is 28.4 Å². The molecule has 0 bridgehead atoms. The third kappa shape index (κ3) is 4.97. The molecular weight excluding hydrogens is 406 g/mol. The summed E-state index contributed by atoms with van der Waals surface area (Å²) >= 11 is 1.15. The summed E-state index contributed by atoms with van der Waals surface area (Å²) in [7, 11) is 1.61. The Morgan fingerprint density at radius 1 is 1.23 bits per heavy atom. The number of carbonyl (C=O) groups is 1. The van der Waals surface area contributed by atoms with Crippen molar-refractivity contribution in [1.82, 2.24) is 4.98 Å². The summed E-state index contributed by atoms with van der Waals surface area (Å²) in [6.07, 6.45) is 0. The van der Waals surface area contributed by atoms with Crippen LogP contribution in [-0.4, -0.2) is 28.6 Å². The van der Waals surface area contributed by atoms with Crippen molar-refractivity contribution in [3.63, 3.8) is 0 Å². The van der Waals surface area contributed by atoms with Crippen LogP contribution in [0.4, 0.5) is 16.5 Å². The minimum atomic E-state index is -0.515. The number of aryl methyl sites for hydroxylation is 1. The van der Waals surface area contributed by atoms with Crippen LogP contribution in [0.25, 0.3) is 0 Å². The van der Waals surface area contributed by atoms with Gasteiger partial charge in [0, 0.05) is 17.8 Å². The van der Waals surface area contributed by atoms with Gasteiger partial charge in [-0.1, -0.05) is 17.4 Å². The standard InChI is InChI=1S/C20H19N5O4S/c1-12(14-7-9-17(29-3)10-8-14)23-24-20-21-13(2)18(30-20)19(26)22-15-5-4-6-16(11-15)25(27)28/h4-11H,1-3H3,(H,21,24)(H,22,26)/b23-12+. The molecule has 3 rings (SSSR count). The number of aromatic nitrogens is 1. The number of hydrogen-bond donors (Lipinski definition) is 2. The summed E-state index contributed by atoms with van der Waals surface area (Å²) < 4.78 is 5.14. The molecule has 0 saturated heterocycles. The van der Waals surface area contributed by atoms with E-state index in [1.807, 2.05) is 31.2 Å². The first-order valence-corrected chi connectivity index (χ1v) is 9.67. The molecule has 0 radical (unpaired) electrons. The van der Waals surface area contributed by atoms with Gasteiger partial charge in [0.05, 0.1) is 23.4 Å². The van der Waals surface area contributed by atoms with Gasteiger partial charge in [0.25, 0.3) is 11.6 Å². The molecule has 0 unspecified atom stereocenters. The number of ether oxygens (including phenoxy) is 1. The summed E-state index contributed by atoms with van der Waals surface area (Å²) in [5, 5.41) is 18.3. The zero-order valence-electron chi connectivity index (χ0n) is 16.5. The lowest BCUT2D eigenvalue weighted by atomic mass is 10.1. The molecule has 0 fully saturated rings. The van der Waals surface area contributed by atoms with Crippen LogP contribution in [0.1, 0.15) is 27.9 Å². The van der Waals surface area contributed by atoms with Crippen LogP contribution in [0.5, 0.6) is 5.75 Å². The van der Waals surface area contributed by atoms with E-state index in [4.69, 9.17) is 4.74 Å². The van der Waals surface area contributed by atoms with Crippen LogP contribution in [0.15, 0.2) is 53.6 Å². The van der Waals surface area contributed by atoms with Crippen LogP contribution in [0.3, 0.4) is 0 Å². The Labute approximate surface area is 176 Å². The van der Waals surface area contributed by atoms with Crippen molar-refractivity contribution in [3.05, 3.63) is 74.8 Å². The predicted molar refractivity (Wildman–Crippen MR) is 117 cm³/mol. The molecule has 0 aliphatic heterocycles. The van der Waals surface area contributed by atoms with Crippen molar-refractivity contribution in [1.29, 1.82) is 0 Å². The monoisotopic (exact) mass is 425 g/mol. The molecule has 1 aromatic heterocycles. The molecule has 1 amide bonds. The number of hydrazone groups is 1. The van der Waals surface area contributed by atoms with E-state index >= 15 is 0 Å². The minimum Gasteiger partial charge on any atom is -0.497 e. The van der Waals surface area contributed by atoms with Crippen molar-refractivity contribution in [2.75, 3.05) is 17.9 Å². The molecule has 2 N–H and O–H groups in total. The Bertz CT molecular complexity index is 1110. The van der Waals surface area contributed by atoms with Crippen molar-refractivity contribution in [2.24, 2.45) is 5.10 Å². The van der Waals surface area contributed by atoms with Crippen LogP contribution < -0.4 is 15.5 Å². The average molecular weight is 425 g/mol. The van der Waals surface area contributed by atoms with Gasteiger partial charge in [-0.15, -0.1) is 0 Å². The summed E-state index contributed by atoms with van der Waals surface area (Å²) in [5.74, 6) is 0.365. The lowest BCUT2D eigenvalue weighted by Gasteiger charge is -2.04. The number of methoxy groups -OCH3 is 1. The number of thiazole rings is 1. The summed E-state index contributed by atoms with van der Waals surface area (Å²) in [6.45, 7) is 3.56. The fraction of sp³-hybridized carbons (Fsp3) is 0.150. The van der Waals surface area contributed by atoms with Crippen LogP contribution in [0, 0.1) is 17.0 Å². The highest BCUT2D eigenvalue weighted by Gasteiger charge is 2.16. The maximum Gasteiger partial charge on any atom is 0.271 e. The second-order valence-corrected chi connectivity index (χ2v) is 7.23. The number of hydrogen-bond acceptors (Lipinski definition) is 8. The molecular formula is C20H19N5O4S. The van der Waals surface area contributed by atoms with E-state index in [1.54, 1.807) is 20.1 Å². The van der Waals surface area contributed by atoms with Crippen molar-refractivity contribution < 1.29 is 14.5 Å².